The van der Waals surface area contributed by atoms with Crippen molar-refractivity contribution in [2.75, 3.05) is 11.9 Å². The van der Waals surface area contributed by atoms with Gasteiger partial charge < -0.3 is 5.32 Å². The summed E-state index contributed by atoms with van der Waals surface area (Å²) in [6, 6.07) is 8.56. The molecule has 16 heavy (non-hydrogen) atoms. The maximum atomic E-state index is 3.60. The van der Waals surface area contributed by atoms with Gasteiger partial charge in [-0.25, -0.2) is 0 Å². The van der Waals surface area contributed by atoms with E-state index in [0.29, 0.717) is 0 Å². The first-order valence-electron chi connectivity index (χ1n) is 6.55. The predicted octanol–water partition coefficient (Wildman–Crippen LogP) is 4.23. The van der Waals surface area contributed by atoms with Gasteiger partial charge in [-0.3, -0.25) is 0 Å². The van der Waals surface area contributed by atoms with Crippen LogP contribution in [0.1, 0.15) is 38.2 Å². The Bertz CT molecular complexity index is 324. The molecule has 0 bridgehead atoms. The van der Waals surface area contributed by atoms with Gasteiger partial charge in [-0.1, -0.05) is 38.0 Å². The van der Waals surface area contributed by atoms with Crippen LogP contribution in [0.2, 0.25) is 0 Å². The molecule has 0 saturated heterocycles. The molecule has 1 nitrogen and oxygen atoms in total. The van der Waals surface area contributed by atoms with Crippen LogP contribution in [0.15, 0.2) is 24.3 Å². The van der Waals surface area contributed by atoms with Crippen molar-refractivity contribution >= 4 is 5.69 Å². The van der Waals surface area contributed by atoms with Gasteiger partial charge in [0.25, 0.3) is 0 Å². The Labute approximate surface area is 99.3 Å². The molecule has 1 saturated carbocycles. The second-order valence-corrected chi connectivity index (χ2v) is 5.32. The molecular weight excluding hydrogens is 194 g/mol. The third kappa shape index (κ3) is 3.01. The maximum absolute atomic E-state index is 3.60. The summed E-state index contributed by atoms with van der Waals surface area (Å²) >= 11 is 0. The van der Waals surface area contributed by atoms with Gasteiger partial charge in [-0.15, -0.1) is 0 Å². The number of anilines is 1. The number of aryl methyl sites for hydroxylation is 1. The topological polar surface area (TPSA) is 12.0 Å². The lowest BCUT2D eigenvalue weighted by molar-refractivity contribution is 0.300. The van der Waals surface area contributed by atoms with Gasteiger partial charge in [-0.05, 0) is 43.2 Å². The number of benzene rings is 1. The van der Waals surface area contributed by atoms with E-state index >= 15 is 0 Å². The number of hydrogen-bond acceptors (Lipinski definition) is 1. The van der Waals surface area contributed by atoms with Crippen molar-refractivity contribution in [1.82, 2.24) is 0 Å². The van der Waals surface area contributed by atoms with Crippen LogP contribution in [0.25, 0.3) is 0 Å². The highest BCUT2D eigenvalue weighted by molar-refractivity contribution is 5.50. The molecule has 0 aliphatic heterocycles. The summed E-state index contributed by atoms with van der Waals surface area (Å²) in [5, 5.41) is 3.60. The van der Waals surface area contributed by atoms with Crippen LogP contribution in [0.3, 0.4) is 0 Å². The van der Waals surface area contributed by atoms with E-state index in [1.165, 1.54) is 36.9 Å². The lowest BCUT2D eigenvalue weighted by atomic mass is 9.83. The molecule has 0 radical (unpaired) electrons. The quantitative estimate of drug-likeness (QED) is 0.798. The fourth-order valence-electron chi connectivity index (χ4n) is 2.56. The lowest BCUT2D eigenvalue weighted by Gasteiger charge is -2.26. The molecule has 1 aliphatic rings. The van der Waals surface area contributed by atoms with Crippen molar-refractivity contribution in [2.24, 2.45) is 11.8 Å². The smallest absolute Gasteiger partial charge is 0.0369 e. The molecule has 0 heterocycles. The van der Waals surface area contributed by atoms with E-state index in [0.717, 1.165) is 18.4 Å². The van der Waals surface area contributed by atoms with Gasteiger partial charge in [0.15, 0.2) is 0 Å². The van der Waals surface area contributed by atoms with Gasteiger partial charge in [0.1, 0.15) is 0 Å². The summed E-state index contributed by atoms with van der Waals surface area (Å²) in [7, 11) is 0. The van der Waals surface area contributed by atoms with Gasteiger partial charge in [0.05, 0.1) is 0 Å². The summed E-state index contributed by atoms with van der Waals surface area (Å²) in [6.07, 6.45) is 5.64. The molecule has 0 atom stereocenters. The monoisotopic (exact) mass is 217 g/mol. The Morgan fingerprint density at radius 2 is 1.81 bits per heavy atom. The van der Waals surface area contributed by atoms with E-state index in [-0.39, 0.29) is 0 Å². The summed E-state index contributed by atoms with van der Waals surface area (Å²) in [4.78, 5) is 0. The zero-order chi connectivity index (χ0) is 11.4. The van der Waals surface area contributed by atoms with Gasteiger partial charge in [0.2, 0.25) is 0 Å². The third-order valence-electron chi connectivity index (χ3n) is 3.86. The molecule has 88 valence electrons. The van der Waals surface area contributed by atoms with Crippen LogP contribution in [-0.2, 0) is 0 Å². The van der Waals surface area contributed by atoms with Crippen LogP contribution in [0, 0.1) is 18.8 Å². The van der Waals surface area contributed by atoms with Crippen molar-refractivity contribution in [1.29, 1.82) is 0 Å². The molecule has 2 rings (SSSR count). The van der Waals surface area contributed by atoms with Gasteiger partial charge in [-0.2, -0.15) is 0 Å². The number of nitrogens with one attached hydrogen (secondary N) is 1. The molecule has 1 N–H and O–H groups in total. The Hall–Kier alpha value is -0.980. The molecule has 0 amide bonds. The second kappa shape index (κ2) is 5.38. The van der Waals surface area contributed by atoms with Crippen LogP contribution in [-0.4, -0.2) is 6.54 Å². The number of rotatable bonds is 3. The average Bonchev–Trinajstić information content (AvgIpc) is 2.30. The summed E-state index contributed by atoms with van der Waals surface area (Å²) in [5.74, 6) is 1.84. The van der Waals surface area contributed by atoms with E-state index in [2.05, 4.69) is 43.4 Å². The van der Waals surface area contributed by atoms with Gasteiger partial charge in [0, 0.05) is 12.2 Å². The minimum atomic E-state index is 0.885. The molecule has 1 aromatic rings. The molecule has 1 heteroatoms. The first kappa shape index (κ1) is 11.5. The van der Waals surface area contributed by atoms with Crippen LogP contribution in [0.5, 0.6) is 0 Å². The Morgan fingerprint density at radius 1 is 1.12 bits per heavy atom. The molecule has 0 aromatic heterocycles. The summed E-state index contributed by atoms with van der Waals surface area (Å²) < 4.78 is 0. The fourth-order valence-corrected chi connectivity index (χ4v) is 2.56. The third-order valence-corrected chi connectivity index (χ3v) is 3.86. The minimum absolute atomic E-state index is 0.885. The van der Waals surface area contributed by atoms with E-state index in [1.54, 1.807) is 0 Å². The molecule has 1 fully saturated rings. The molecule has 0 unspecified atom stereocenters. The van der Waals surface area contributed by atoms with Crippen molar-refractivity contribution in [3.05, 3.63) is 29.8 Å². The average molecular weight is 217 g/mol. The predicted molar refractivity (Wildman–Crippen MR) is 70.8 cm³/mol. The minimum Gasteiger partial charge on any atom is -0.385 e. The Balaban J connectivity index is 1.81. The van der Waals surface area contributed by atoms with Crippen molar-refractivity contribution in [3.8, 4) is 0 Å². The lowest BCUT2D eigenvalue weighted by Crippen LogP contribution is -2.20. The Morgan fingerprint density at radius 3 is 2.50 bits per heavy atom. The number of hydrogen-bond donors (Lipinski definition) is 1. The first-order chi connectivity index (χ1) is 7.75. The zero-order valence-corrected chi connectivity index (χ0v) is 10.5. The Kier molecular flexibility index (Phi) is 3.87. The van der Waals surface area contributed by atoms with E-state index in [9.17, 15) is 0 Å². The van der Waals surface area contributed by atoms with Crippen LogP contribution in [0.4, 0.5) is 5.69 Å². The number of para-hydroxylation sites is 1. The molecule has 1 aliphatic carbocycles. The second-order valence-electron chi connectivity index (χ2n) is 5.32. The summed E-state index contributed by atoms with van der Waals surface area (Å²) in [5.41, 5.74) is 2.66. The van der Waals surface area contributed by atoms with Crippen LogP contribution >= 0.6 is 0 Å². The van der Waals surface area contributed by atoms with Crippen molar-refractivity contribution in [3.63, 3.8) is 0 Å². The van der Waals surface area contributed by atoms with E-state index in [1.807, 2.05) is 0 Å². The highest BCUT2D eigenvalue weighted by Gasteiger charge is 2.17. The molecular formula is C15H23N. The first-order valence-corrected chi connectivity index (χ1v) is 6.55. The highest BCUT2D eigenvalue weighted by Crippen LogP contribution is 2.28. The normalized spacial score (nSPS) is 25.4. The van der Waals surface area contributed by atoms with E-state index in [4.69, 9.17) is 0 Å². The van der Waals surface area contributed by atoms with Crippen molar-refractivity contribution in [2.45, 2.75) is 39.5 Å². The molecule has 0 spiro atoms. The van der Waals surface area contributed by atoms with Crippen molar-refractivity contribution < 1.29 is 0 Å². The maximum Gasteiger partial charge on any atom is 0.0369 e. The fraction of sp³-hybridized carbons (Fsp3) is 0.600. The molecule has 1 aromatic carbocycles. The SMILES string of the molecule is Cc1ccccc1NCC1CCC(C)CC1. The van der Waals surface area contributed by atoms with E-state index < -0.39 is 0 Å². The zero-order valence-electron chi connectivity index (χ0n) is 10.5. The standard InChI is InChI=1S/C15H23N/c1-12-7-9-14(10-8-12)11-16-15-6-4-3-5-13(15)2/h3-6,12,14,16H,7-11H2,1-2H3. The van der Waals surface area contributed by atoms with Crippen LogP contribution < -0.4 is 5.32 Å². The summed E-state index contributed by atoms with van der Waals surface area (Å²) in [6.45, 7) is 5.70. The largest absolute Gasteiger partial charge is 0.385 e. The highest BCUT2D eigenvalue weighted by atomic mass is 14.9. The van der Waals surface area contributed by atoms with Gasteiger partial charge >= 0.3 is 0 Å².